The predicted octanol–water partition coefficient (Wildman–Crippen LogP) is 4.00. The maximum atomic E-state index is 12.4. The topological polar surface area (TPSA) is 46.9 Å². The number of aromatic nitrogens is 2. The number of benzene rings is 2. The molecule has 0 aliphatic heterocycles. The lowest BCUT2D eigenvalue weighted by atomic mass is 9.99. The van der Waals surface area contributed by atoms with Crippen LogP contribution in [0.5, 0.6) is 0 Å². The van der Waals surface area contributed by atoms with Crippen molar-refractivity contribution in [3.05, 3.63) is 65.0 Å². The molecule has 25 heavy (non-hydrogen) atoms. The molecule has 0 aliphatic rings. The maximum Gasteiger partial charge on any atom is 0.220 e. The Labute approximate surface area is 148 Å². The average molecular weight is 335 g/mol. The van der Waals surface area contributed by atoms with E-state index < -0.39 is 0 Å². The van der Waals surface area contributed by atoms with Gasteiger partial charge in [-0.25, -0.2) is 0 Å². The number of nitrogens with zero attached hydrogens (tertiary/aromatic N) is 2. The van der Waals surface area contributed by atoms with Gasteiger partial charge in [0.05, 0.1) is 11.7 Å². The van der Waals surface area contributed by atoms with E-state index in [1.807, 2.05) is 50.7 Å². The van der Waals surface area contributed by atoms with E-state index in [2.05, 4.69) is 34.7 Å². The summed E-state index contributed by atoms with van der Waals surface area (Å²) >= 11 is 0. The SMILES string of the molecule is Cc1nn(C)c(C)c1CCC(=O)NC(C)c1cccc2ccccc12. The largest absolute Gasteiger partial charge is 0.350 e. The molecule has 1 unspecified atom stereocenters. The summed E-state index contributed by atoms with van der Waals surface area (Å²) in [6.45, 7) is 6.09. The fourth-order valence-electron chi connectivity index (χ4n) is 3.44. The first kappa shape index (κ1) is 17.2. The Morgan fingerprint density at radius 3 is 2.60 bits per heavy atom. The van der Waals surface area contributed by atoms with Gasteiger partial charge in [-0.3, -0.25) is 9.48 Å². The molecule has 0 fully saturated rings. The van der Waals surface area contributed by atoms with Crippen LogP contribution in [0.15, 0.2) is 42.5 Å². The second-order valence-electron chi connectivity index (χ2n) is 6.63. The van der Waals surface area contributed by atoms with Gasteiger partial charge in [-0.05, 0) is 49.1 Å². The molecule has 0 bridgehead atoms. The molecule has 3 rings (SSSR count). The van der Waals surface area contributed by atoms with Crippen LogP contribution in [-0.4, -0.2) is 15.7 Å². The van der Waals surface area contributed by atoms with Crippen molar-refractivity contribution in [1.82, 2.24) is 15.1 Å². The van der Waals surface area contributed by atoms with Gasteiger partial charge in [-0.1, -0.05) is 42.5 Å². The third-order valence-corrected chi connectivity index (χ3v) is 4.93. The first-order chi connectivity index (χ1) is 12.0. The van der Waals surface area contributed by atoms with Gasteiger partial charge in [-0.2, -0.15) is 5.10 Å². The van der Waals surface area contributed by atoms with E-state index in [-0.39, 0.29) is 11.9 Å². The van der Waals surface area contributed by atoms with Gasteiger partial charge in [0, 0.05) is 19.2 Å². The van der Waals surface area contributed by atoms with Gasteiger partial charge >= 0.3 is 0 Å². The molecule has 0 saturated heterocycles. The summed E-state index contributed by atoms with van der Waals surface area (Å²) in [6.07, 6.45) is 1.20. The van der Waals surface area contributed by atoms with Crippen LogP contribution >= 0.6 is 0 Å². The quantitative estimate of drug-likeness (QED) is 0.766. The Balaban J connectivity index is 1.68. The fourth-order valence-corrected chi connectivity index (χ4v) is 3.44. The van der Waals surface area contributed by atoms with Crippen molar-refractivity contribution >= 4 is 16.7 Å². The van der Waals surface area contributed by atoms with Crippen LogP contribution in [0.3, 0.4) is 0 Å². The van der Waals surface area contributed by atoms with Gasteiger partial charge < -0.3 is 5.32 Å². The minimum atomic E-state index is -0.0188. The average Bonchev–Trinajstić information content (AvgIpc) is 2.84. The number of carbonyl (C=O) groups is 1. The highest BCUT2D eigenvalue weighted by molar-refractivity contribution is 5.86. The van der Waals surface area contributed by atoms with Crippen LogP contribution in [0.1, 0.15) is 41.9 Å². The first-order valence-electron chi connectivity index (χ1n) is 8.73. The number of hydrogen-bond donors (Lipinski definition) is 1. The summed E-state index contributed by atoms with van der Waals surface area (Å²) in [7, 11) is 1.94. The standard InChI is InChI=1S/C21H25N3O/c1-14(19-11-7-9-17-8-5-6-10-20(17)19)22-21(25)13-12-18-15(2)23-24(4)16(18)3/h5-11,14H,12-13H2,1-4H3,(H,22,25). The van der Waals surface area contributed by atoms with Crippen molar-refractivity contribution in [3.63, 3.8) is 0 Å². The summed E-state index contributed by atoms with van der Waals surface area (Å²) in [4.78, 5) is 12.4. The van der Waals surface area contributed by atoms with E-state index in [0.29, 0.717) is 6.42 Å². The van der Waals surface area contributed by atoms with Crippen molar-refractivity contribution in [2.75, 3.05) is 0 Å². The lowest BCUT2D eigenvalue weighted by molar-refractivity contribution is -0.121. The molecule has 1 aromatic heterocycles. The second kappa shape index (κ2) is 7.09. The minimum absolute atomic E-state index is 0.0188. The Morgan fingerprint density at radius 1 is 1.16 bits per heavy atom. The van der Waals surface area contributed by atoms with Gasteiger partial charge in [0.15, 0.2) is 0 Å². The van der Waals surface area contributed by atoms with E-state index in [1.165, 1.54) is 16.3 Å². The van der Waals surface area contributed by atoms with Crippen molar-refractivity contribution in [2.24, 2.45) is 7.05 Å². The van der Waals surface area contributed by atoms with E-state index in [9.17, 15) is 4.79 Å². The highest BCUT2D eigenvalue weighted by atomic mass is 16.1. The molecular formula is C21H25N3O. The van der Waals surface area contributed by atoms with Crippen LogP contribution in [0, 0.1) is 13.8 Å². The number of amides is 1. The molecule has 4 nitrogen and oxygen atoms in total. The lowest BCUT2D eigenvalue weighted by Gasteiger charge is -2.16. The summed E-state index contributed by atoms with van der Waals surface area (Å²) in [5, 5.41) is 9.94. The molecule has 1 atom stereocenters. The molecule has 4 heteroatoms. The molecule has 1 amide bonds. The monoisotopic (exact) mass is 335 g/mol. The summed E-state index contributed by atoms with van der Waals surface area (Å²) < 4.78 is 1.88. The molecule has 2 aromatic carbocycles. The molecule has 130 valence electrons. The Hall–Kier alpha value is -2.62. The molecule has 1 heterocycles. The zero-order valence-electron chi connectivity index (χ0n) is 15.3. The summed E-state index contributed by atoms with van der Waals surface area (Å²) in [6, 6.07) is 14.5. The molecule has 0 radical (unpaired) electrons. The third kappa shape index (κ3) is 3.58. The van der Waals surface area contributed by atoms with E-state index in [4.69, 9.17) is 0 Å². The van der Waals surface area contributed by atoms with Gasteiger partial charge in [-0.15, -0.1) is 0 Å². The number of rotatable bonds is 5. The van der Waals surface area contributed by atoms with E-state index in [0.717, 1.165) is 23.4 Å². The highest BCUT2D eigenvalue weighted by Gasteiger charge is 2.14. The number of fused-ring (bicyclic) bond motifs is 1. The molecular weight excluding hydrogens is 310 g/mol. The van der Waals surface area contributed by atoms with E-state index >= 15 is 0 Å². The highest BCUT2D eigenvalue weighted by Crippen LogP contribution is 2.24. The maximum absolute atomic E-state index is 12.4. The van der Waals surface area contributed by atoms with Crippen LogP contribution in [0.25, 0.3) is 10.8 Å². The number of hydrogen-bond acceptors (Lipinski definition) is 2. The van der Waals surface area contributed by atoms with Crippen molar-refractivity contribution < 1.29 is 4.79 Å². The normalized spacial score (nSPS) is 12.3. The van der Waals surface area contributed by atoms with Crippen LogP contribution in [-0.2, 0) is 18.3 Å². The number of nitrogens with one attached hydrogen (secondary N) is 1. The Kier molecular flexibility index (Phi) is 4.88. The molecule has 3 aromatic rings. The Morgan fingerprint density at radius 2 is 1.88 bits per heavy atom. The number of carbonyl (C=O) groups excluding carboxylic acids is 1. The lowest BCUT2D eigenvalue weighted by Crippen LogP contribution is -2.27. The van der Waals surface area contributed by atoms with Gasteiger partial charge in [0.1, 0.15) is 0 Å². The molecule has 0 saturated carbocycles. The van der Waals surface area contributed by atoms with Crippen molar-refractivity contribution in [1.29, 1.82) is 0 Å². The van der Waals surface area contributed by atoms with Crippen LogP contribution in [0.2, 0.25) is 0 Å². The molecule has 0 aliphatic carbocycles. The smallest absolute Gasteiger partial charge is 0.220 e. The predicted molar refractivity (Wildman–Crippen MR) is 102 cm³/mol. The number of aryl methyl sites for hydroxylation is 2. The molecule has 1 N–H and O–H groups in total. The minimum Gasteiger partial charge on any atom is -0.350 e. The van der Waals surface area contributed by atoms with E-state index in [1.54, 1.807) is 0 Å². The molecule has 0 spiro atoms. The van der Waals surface area contributed by atoms with Crippen LogP contribution < -0.4 is 5.32 Å². The zero-order valence-corrected chi connectivity index (χ0v) is 15.3. The second-order valence-corrected chi connectivity index (χ2v) is 6.63. The van der Waals surface area contributed by atoms with Crippen LogP contribution in [0.4, 0.5) is 0 Å². The third-order valence-electron chi connectivity index (χ3n) is 4.93. The summed E-state index contributed by atoms with van der Waals surface area (Å²) in [5.74, 6) is 0.0723. The zero-order chi connectivity index (χ0) is 18.0. The first-order valence-corrected chi connectivity index (χ1v) is 8.73. The van der Waals surface area contributed by atoms with Crippen molar-refractivity contribution in [2.45, 2.75) is 39.7 Å². The van der Waals surface area contributed by atoms with Gasteiger partial charge in [0.2, 0.25) is 5.91 Å². The fraction of sp³-hybridized carbons (Fsp3) is 0.333. The van der Waals surface area contributed by atoms with Crippen molar-refractivity contribution in [3.8, 4) is 0 Å². The van der Waals surface area contributed by atoms with Gasteiger partial charge in [0.25, 0.3) is 0 Å². The summed E-state index contributed by atoms with van der Waals surface area (Å²) in [5.41, 5.74) is 4.47. The Bertz CT molecular complexity index is 905.